The summed E-state index contributed by atoms with van der Waals surface area (Å²) in [6.07, 6.45) is 29.2. The second kappa shape index (κ2) is 23.5. The Kier molecular flexibility index (Phi) is 21.3. The number of ether oxygens (including phenoxy) is 2. The van der Waals surface area contributed by atoms with E-state index in [-0.39, 0.29) is 11.9 Å². The van der Waals surface area contributed by atoms with Crippen molar-refractivity contribution in [1.82, 2.24) is 0 Å². The van der Waals surface area contributed by atoms with Gasteiger partial charge in [-0.25, -0.2) is 0 Å². The molecular weight excluding hydrogens is 460 g/mol. The number of carbonyl (C=O) groups is 2. The summed E-state index contributed by atoms with van der Waals surface area (Å²) in [6, 6.07) is 0. The number of carbonyl (C=O) groups excluding carboxylic acids is 2. The lowest BCUT2D eigenvalue weighted by atomic mass is 9.80. The van der Waals surface area contributed by atoms with E-state index in [9.17, 15) is 9.59 Å². The number of esters is 2. The second-order valence-corrected chi connectivity index (χ2v) is 11.0. The maximum Gasteiger partial charge on any atom is 0.314 e. The predicted octanol–water partition coefficient (Wildman–Crippen LogP) is 9.66. The molecule has 0 aromatic carbocycles. The molecule has 0 aromatic rings. The Balaban J connectivity index is 2.17. The van der Waals surface area contributed by atoms with Gasteiger partial charge in [0, 0.05) is 0 Å². The van der Waals surface area contributed by atoms with Crippen LogP contribution in [0.2, 0.25) is 0 Å². The monoisotopic (exact) mass is 518 g/mol. The zero-order valence-electron chi connectivity index (χ0n) is 24.4. The Bertz CT molecular complexity index is 624. The molecule has 0 bridgehead atoms. The van der Waals surface area contributed by atoms with Crippen molar-refractivity contribution in [3.63, 3.8) is 0 Å². The first-order valence-electron chi connectivity index (χ1n) is 15.8. The number of rotatable bonds is 24. The maximum absolute atomic E-state index is 12.8. The van der Waals surface area contributed by atoms with Crippen LogP contribution in [0.4, 0.5) is 0 Å². The van der Waals surface area contributed by atoms with Gasteiger partial charge in [0.25, 0.3) is 0 Å². The van der Waals surface area contributed by atoms with Crippen LogP contribution >= 0.6 is 0 Å². The molecular formula is C33H58O4. The highest BCUT2D eigenvalue weighted by Gasteiger charge is 2.37. The van der Waals surface area contributed by atoms with Gasteiger partial charge < -0.3 is 9.47 Å². The predicted molar refractivity (Wildman–Crippen MR) is 155 cm³/mol. The van der Waals surface area contributed by atoms with Gasteiger partial charge in [-0.1, -0.05) is 154 Å². The molecule has 4 heteroatoms. The molecule has 0 radical (unpaired) electrons. The summed E-state index contributed by atoms with van der Waals surface area (Å²) in [5.74, 6) is -1.88. The first kappa shape index (κ1) is 33.4. The van der Waals surface area contributed by atoms with E-state index in [0.717, 1.165) is 31.3 Å². The number of unbranched alkanes of at least 4 members (excludes halogenated alkanes) is 18. The van der Waals surface area contributed by atoms with Crippen molar-refractivity contribution in [2.75, 3.05) is 13.2 Å². The highest BCUT2D eigenvalue weighted by molar-refractivity contribution is 5.86. The van der Waals surface area contributed by atoms with E-state index in [4.69, 9.17) is 9.47 Å². The minimum absolute atomic E-state index is 0.325. The van der Waals surface area contributed by atoms with Crippen LogP contribution in [-0.4, -0.2) is 25.2 Å². The lowest BCUT2D eigenvalue weighted by molar-refractivity contribution is -0.157. The first-order chi connectivity index (χ1) is 18.1. The molecule has 0 heterocycles. The highest BCUT2D eigenvalue weighted by Crippen LogP contribution is 2.31. The van der Waals surface area contributed by atoms with Gasteiger partial charge in [0.1, 0.15) is 0 Å². The molecule has 0 aromatic heterocycles. The van der Waals surface area contributed by atoms with Gasteiger partial charge in [0.2, 0.25) is 0 Å². The highest BCUT2D eigenvalue weighted by atomic mass is 16.5. The molecule has 1 rings (SSSR count). The summed E-state index contributed by atoms with van der Waals surface area (Å²) in [6.45, 7) is 9.40. The van der Waals surface area contributed by atoms with Crippen LogP contribution in [0.15, 0.2) is 24.3 Å². The third kappa shape index (κ3) is 16.8. The van der Waals surface area contributed by atoms with Gasteiger partial charge >= 0.3 is 11.9 Å². The largest absolute Gasteiger partial charge is 0.465 e. The molecule has 0 N–H and O–H groups in total. The molecule has 0 amide bonds. The van der Waals surface area contributed by atoms with Crippen molar-refractivity contribution >= 4 is 11.9 Å². The SMILES string of the molecule is C=C1CC=C[C@@H](C(=O)OCCCCCCCCCCCC)[C@H]1C(=O)OCCCCCCCCCCCC. The molecule has 4 nitrogen and oxygen atoms in total. The number of hydrogen-bond donors (Lipinski definition) is 0. The van der Waals surface area contributed by atoms with Crippen molar-refractivity contribution in [2.24, 2.45) is 11.8 Å². The van der Waals surface area contributed by atoms with Crippen molar-refractivity contribution < 1.29 is 19.1 Å². The van der Waals surface area contributed by atoms with E-state index in [1.54, 1.807) is 0 Å². The smallest absolute Gasteiger partial charge is 0.314 e. The zero-order valence-corrected chi connectivity index (χ0v) is 24.4. The molecule has 214 valence electrons. The van der Waals surface area contributed by atoms with Gasteiger partial charge in [-0.2, -0.15) is 0 Å². The molecule has 0 fully saturated rings. The Morgan fingerprint density at radius 1 is 0.649 bits per heavy atom. The van der Waals surface area contributed by atoms with E-state index in [1.807, 2.05) is 12.2 Å². The van der Waals surface area contributed by atoms with Crippen LogP contribution in [0.25, 0.3) is 0 Å². The van der Waals surface area contributed by atoms with Crippen LogP contribution < -0.4 is 0 Å². The first-order valence-corrected chi connectivity index (χ1v) is 15.8. The standard InChI is InChI=1S/C33H58O4/c1-4-6-8-10-12-14-16-18-20-22-27-36-32(34)30-26-24-25-29(3)31(30)33(35)37-28-23-21-19-17-15-13-11-9-7-5-2/h24,26,30-31H,3-23,25,27-28H2,1-2H3/t30-,31+/m1/s1. The fourth-order valence-electron chi connectivity index (χ4n) is 5.10. The average Bonchev–Trinajstić information content (AvgIpc) is 2.90. The summed E-state index contributed by atoms with van der Waals surface area (Å²) in [7, 11) is 0. The molecule has 0 saturated heterocycles. The van der Waals surface area contributed by atoms with Crippen molar-refractivity contribution in [1.29, 1.82) is 0 Å². The minimum atomic E-state index is -0.617. The molecule has 0 aliphatic heterocycles. The summed E-state index contributed by atoms with van der Waals surface area (Å²) in [4.78, 5) is 25.6. The molecule has 0 saturated carbocycles. The van der Waals surface area contributed by atoms with Crippen molar-refractivity contribution in [3.05, 3.63) is 24.3 Å². The molecule has 1 aliphatic rings. The summed E-state index contributed by atoms with van der Waals surface area (Å²) in [5.41, 5.74) is 0.747. The van der Waals surface area contributed by atoms with E-state index >= 15 is 0 Å². The topological polar surface area (TPSA) is 52.6 Å². The summed E-state index contributed by atoms with van der Waals surface area (Å²) in [5, 5.41) is 0. The van der Waals surface area contributed by atoms with Gasteiger partial charge in [-0.15, -0.1) is 0 Å². The quantitative estimate of drug-likeness (QED) is 0.0725. The average molecular weight is 519 g/mol. The van der Waals surface area contributed by atoms with E-state index in [2.05, 4.69) is 20.4 Å². The number of allylic oxidation sites excluding steroid dienone is 1. The van der Waals surface area contributed by atoms with E-state index in [1.165, 1.54) is 103 Å². The second-order valence-electron chi connectivity index (χ2n) is 11.0. The number of hydrogen-bond acceptors (Lipinski definition) is 4. The van der Waals surface area contributed by atoms with Gasteiger partial charge in [0.05, 0.1) is 25.0 Å². The molecule has 37 heavy (non-hydrogen) atoms. The van der Waals surface area contributed by atoms with E-state index in [0.29, 0.717) is 19.6 Å². The van der Waals surface area contributed by atoms with Gasteiger partial charge in [-0.3, -0.25) is 9.59 Å². The molecule has 0 unspecified atom stereocenters. The Hall–Kier alpha value is -1.58. The van der Waals surface area contributed by atoms with Crippen LogP contribution in [-0.2, 0) is 19.1 Å². The summed E-state index contributed by atoms with van der Waals surface area (Å²) < 4.78 is 11.1. The van der Waals surface area contributed by atoms with E-state index < -0.39 is 11.8 Å². The van der Waals surface area contributed by atoms with Crippen LogP contribution in [0.3, 0.4) is 0 Å². The third-order valence-corrected chi connectivity index (χ3v) is 7.53. The molecule has 0 spiro atoms. The van der Waals surface area contributed by atoms with Crippen LogP contribution in [0.1, 0.15) is 149 Å². The lowest BCUT2D eigenvalue weighted by Crippen LogP contribution is -2.34. The third-order valence-electron chi connectivity index (χ3n) is 7.53. The normalized spacial score (nSPS) is 17.2. The Morgan fingerprint density at radius 3 is 1.46 bits per heavy atom. The molecule has 2 atom stereocenters. The van der Waals surface area contributed by atoms with Crippen LogP contribution in [0, 0.1) is 11.8 Å². The van der Waals surface area contributed by atoms with Crippen LogP contribution in [0.5, 0.6) is 0 Å². The fraction of sp³-hybridized carbons (Fsp3) is 0.818. The minimum Gasteiger partial charge on any atom is -0.465 e. The van der Waals surface area contributed by atoms with Gasteiger partial charge in [-0.05, 0) is 19.3 Å². The fourth-order valence-corrected chi connectivity index (χ4v) is 5.10. The zero-order chi connectivity index (χ0) is 27.0. The Morgan fingerprint density at radius 2 is 1.03 bits per heavy atom. The van der Waals surface area contributed by atoms with Crippen molar-refractivity contribution in [3.8, 4) is 0 Å². The summed E-state index contributed by atoms with van der Waals surface area (Å²) >= 11 is 0. The van der Waals surface area contributed by atoms with Crippen molar-refractivity contribution in [2.45, 2.75) is 149 Å². The van der Waals surface area contributed by atoms with Gasteiger partial charge in [0.15, 0.2) is 0 Å². The molecule has 1 aliphatic carbocycles. The maximum atomic E-state index is 12.8. The Labute approximate surface area is 229 Å². The lowest BCUT2D eigenvalue weighted by Gasteiger charge is -2.26.